The van der Waals surface area contributed by atoms with Gasteiger partial charge in [0.05, 0.1) is 6.10 Å². The SMILES string of the molecule is OC1CC([C@H](NC2CSCCSC2)C2CCNCC2)C1. The van der Waals surface area contributed by atoms with Gasteiger partial charge >= 0.3 is 0 Å². The Kier molecular flexibility index (Phi) is 5.98. The molecule has 0 aromatic carbocycles. The second-order valence-electron chi connectivity index (χ2n) is 6.51. The molecule has 116 valence electrons. The molecule has 5 heteroatoms. The second-order valence-corrected chi connectivity index (χ2v) is 8.81. The van der Waals surface area contributed by atoms with Crippen LogP contribution in [0, 0.1) is 11.8 Å². The van der Waals surface area contributed by atoms with Crippen LogP contribution in [0.15, 0.2) is 0 Å². The molecule has 3 rings (SSSR count). The quantitative estimate of drug-likeness (QED) is 0.735. The van der Waals surface area contributed by atoms with Crippen LogP contribution in [0.2, 0.25) is 0 Å². The van der Waals surface area contributed by atoms with Crippen LogP contribution in [0.3, 0.4) is 0 Å². The van der Waals surface area contributed by atoms with E-state index in [1.165, 1.54) is 48.9 Å². The van der Waals surface area contributed by atoms with E-state index in [9.17, 15) is 5.11 Å². The standard InChI is InChI=1S/C15H28N2OS2/c18-14-7-12(8-14)15(11-1-3-16-4-2-11)17-13-9-19-5-6-20-10-13/h11-18H,1-10H2/t12?,14?,15-/m1/s1. The number of aliphatic hydroxyl groups excluding tert-OH is 1. The van der Waals surface area contributed by atoms with Gasteiger partial charge in [0, 0.05) is 35.1 Å². The van der Waals surface area contributed by atoms with E-state index >= 15 is 0 Å². The Morgan fingerprint density at radius 1 is 1.00 bits per heavy atom. The van der Waals surface area contributed by atoms with Crippen LogP contribution in [-0.4, -0.2) is 59.4 Å². The van der Waals surface area contributed by atoms with E-state index in [0.717, 1.165) is 18.8 Å². The first kappa shape index (κ1) is 15.5. The average Bonchev–Trinajstić information content (AvgIpc) is 2.71. The Balaban J connectivity index is 1.58. The van der Waals surface area contributed by atoms with E-state index in [0.29, 0.717) is 18.0 Å². The minimum atomic E-state index is -0.0242. The summed E-state index contributed by atoms with van der Waals surface area (Å²) in [5, 5.41) is 17.2. The number of hydrogen-bond acceptors (Lipinski definition) is 5. The molecule has 3 N–H and O–H groups in total. The maximum atomic E-state index is 9.67. The lowest BCUT2D eigenvalue weighted by Gasteiger charge is -2.44. The van der Waals surface area contributed by atoms with E-state index < -0.39 is 0 Å². The number of rotatable bonds is 4. The third kappa shape index (κ3) is 4.07. The molecule has 3 fully saturated rings. The molecule has 0 radical (unpaired) electrons. The first-order valence-corrected chi connectivity index (χ1v) is 10.4. The fourth-order valence-corrected chi connectivity index (χ4v) is 6.19. The van der Waals surface area contributed by atoms with E-state index in [2.05, 4.69) is 34.2 Å². The highest BCUT2D eigenvalue weighted by Gasteiger charge is 2.39. The van der Waals surface area contributed by atoms with Gasteiger partial charge in [0.25, 0.3) is 0 Å². The van der Waals surface area contributed by atoms with Crippen LogP contribution >= 0.6 is 23.5 Å². The highest BCUT2D eigenvalue weighted by Crippen LogP contribution is 2.36. The van der Waals surface area contributed by atoms with E-state index in [1.807, 2.05) is 0 Å². The molecular formula is C15H28N2OS2. The summed E-state index contributed by atoms with van der Waals surface area (Å²) in [5.74, 6) is 6.68. The summed E-state index contributed by atoms with van der Waals surface area (Å²) in [6.45, 7) is 2.35. The smallest absolute Gasteiger partial charge is 0.0546 e. The van der Waals surface area contributed by atoms with Crippen molar-refractivity contribution in [3.63, 3.8) is 0 Å². The summed E-state index contributed by atoms with van der Waals surface area (Å²) in [6.07, 6.45) is 4.63. The summed E-state index contributed by atoms with van der Waals surface area (Å²) in [5.41, 5.74) is 0. The lowest BCUT2D eigenvalue weighted by molar-refractivity contribution is 0.00736. The molecule has 1 saturated carbocycles. The molecule has 0 unspecified atom stereocenters. The summed E-state index contributed by atoms with van der Waals surface area (Å²) in [7, 11) is 0. The van der Waals surface area contributed by atoms with Gasteiger partial charge in [0.15, 0.2) is 0 Å². The molecule has 3 aliphatic rings. The highest BCUT2D eigenvalue weighted by atomic mass is 32.2. The lowest BCUT2D eigenvalue weighted by Crippen LogP contribution is -2.55. The van der Waals surface area contributed by atoms with Crippen molar-refractivity contribution in [1.82, 2.24) is 10.6 Å². The van der Waals surface area contributed by atoms with Crippen molar-refractivity contribution >= 4 is 23.5 Å². The van der Waals surface area contributed by atoms with E-state index in [-0.39, 0.29) is 6.10 Å². The molecule has 0 aromatic rings. The molecular weight excluding hydrogens is 288 g/mol. The van der Waals surface area contributed by atoms with Crippen molar-refractivity contribution in [3.05, 3.63) is 0 Å². The molecule has 3 nitrogen and oxygen atoms in total. The van der Waals surface area contributed by atoms with Crippen LogP contribution in [0.1, 0.15) is 25.7 Å². The number of nitrogens with one attached hydrogen (secondary N) is 2. The third-order valence-electron chi connectivity index (χ3n) is 4.99. The lowest BCUT2D eigenvalue weighted by atomic mass is 9.71. The van der Waals surface area contributed by atoms with Crippen molar-refractivity contribution in [2.45, 2.75) is 43.9 Å². The van der Waals surface area contributed by atoms with Gasteiger partial charge < -0.3 is 15.7 Å². The van der Waals surface area contributed by atoms with Gasteiger partial charge in [-0.25, -0.2) is 0 Å². The Morgan fingerprint density at radius 2 is 1.65 bits per heavy atom. The molecule has 1 atom stereocenters. The molecule has 1 aliphatic carbocycles. The largest absolute Gasteiger partial charge is 0.393 e. The van der Waals surface area contributed by atoms with Crippen LogP contribution in [0.5, 0.6) is 0 Å². The Bertz CT molecular complexity index is 286. The number of aliphatic hydroxyl groups is 1. The van der Waals surface area contributed by atoms with Crippen LogP contribution in [-0.2, 0) is 0 Å². The van der Waals surface area contributed by atoms with E-state index in [1.54, 1.807) is 0 Å². The number of hydrogen-bond donors (Lipinski definition) is 3. The zero-order valence-corrected chi connectivity index (χ0v) is 13.9. The Morgan fingerprint density at radius 3 is 2.25 bits per heavy atom. The van der Waals surface area contributed by atoms with Crippen molar-refractivity contribution in [1.29, 1.82) is 0 Å². The monoisotopic (exact) mass is 316 g/mol. The predicted octanol–water partition coefficient (Wildman–Crippen LogP) is 1.56. The fourth-order valence-electron chi connectivity index (χ4n) is 3.77. The van der Waals surface area contributed by atoms with Crippen molar-refractivity contribution in [3.8, 4) is 0 Å². The number of thioether (sulfide) groups is 2. The summed E-state index contributed by atoms with van der Waals surface area (Å²) >= 11 is 4.21. The maximum absolute atomic E-state index is 9.67. The van der Waals surface area contributed by atoms with Crippen LogP contribution in [0.4, 0.5) is 0 Å². The zero-order valence-electron chi connectivity index (χ0n) is 12.2. The summed E-state index contributed by atoms with van der Waals surface area (Å²) in [4.78, 5) is 0. The van der Waals surface area contributed by atoms with Crippen molar-refractivity contribution in [2.75, 3.05) is 36.1 Å². The minimum Gasteiger partial charge on any atom is -0.393 e. The third-order valence-corrected chi connectivity index (χ3v) is 7.51. The molecule has 20 heavy (non-hydrogen) atoms. The topological polar surface area (TPSA) is 44.3 Å². The minimum absolute atomic E-state index is 0.0242. The van der Waals surface area contributed by atoms with Crippen molar-refractivity contribution in [2.24, 2.45) is 11.8 Å². The summed E-state index contributed by atoms with van der Waals surface area (Å²) < 4.78 is 0. The van der Waals surface area contributed by atoms with Gasteiger partial charge in [0.2, 0.25) is 0 Å². The molecule has 0 aromatic heterocycles. The first-order valence-electron chi connectivity index (χ1n) is 8.13. The second kappa shape index (κ2) is 7.73. The van der Waals surface area contributed by atoms with Gasteiger partial charge in [-0.1, -0.05) is 0 Å². The zero-order chi connectivity index (χ0) is 13.8. The highest BCUT2D eigenvalue weighted by molar-refractivity contribution is 8.03. The van der Waals surface area contributed by atoms with Gasteiger partial charge in [-0.05, 0) is 50.6 Å². The van der Waals surface area contributed by atoms with Gasteiger partial charge in [-0.2, -0.15) is 23.5 Å². The molecule has 2 saturated heterocycles. The van der Waals surface area contributed by atoms with E-state index in [4.69, 9.17) is 0 Å². The van der Waals surface area contributed by atoms with Crippen LogP contribution < -0.4 is 10.6 Å². The summed E-state index contributed by atoms with van der Waals surface area (Å²) in [6, 6.07) is 1.31. The first-order chi connectivity index (χ1) is 9.83. The molecule has 2 heterocycles. The van der Waals surface area contributed by atoms with Gasteiger partial charge in [-0.15, -0.1) is 0 Å². The molecule has 2 aliphatic heterocycles. The van der Waals surface area contributed by atoms with Crippen molar-refractivity contribution < 1.29 is 5.11 Å². The molecule has 0 amide bonds. The Hall–Kier alpha value is 0.580. The normalized spacial score (nSPS) is 35.2. The predicted molar refractivity (Wildman–Crippen MR) is 89.7 cm³/mol. The fraction of sp³-hybridized carbons (Fsp3) is 1.00. The number of piperidine rings is 1. The maximum Gasteiger partial charge on any atom is 0.0546 e. The molecule has 0 bridgehead atoms. The van der Waals surface area contributed by atoms with Crippen LogP contribution in [0.25, 0.3) is 0 Å². The average molecular weight is 317 g/mol. The van der Waals surface area contributed by atoms with Gasteiger partial charge in [-0.3, -0.25) is 0 Å². The van der Waals surface area contributed by atoms with Gasteiger partial charge in [0.1, 0.15) is 0 Å². The molecule has 0 spiro atoms. The Labute approximate surface area is 131 Å².